The lowest BCUT2D eigenvalue weighted by atomic mass is 10.1. The molecule has 1 N–H and O–H groups in total. The maximum Gasteiger partial charge on any atom is 0.140 e. The Kier molecular flexibility index (Phi) is 5.31. The molecule has 0 aliphatic rings. The minimum Gasteiger partial charge on any atom is -0.303 e. The summed E-state index contributed by atoms with van der Waals surface area (Å²) in [5, 5.41) is 7.77. The predicted octanol–water partition coefficient (Wildman–Crippen LogP) is 3.55. The zero-order chi connectivity index (χ0) is 14.5. The highest BCUT2D eigenvalue weighted by molar-refractivity contribution is 9.10. The van der Waals surface area contributed by atoms with Gasteiger partial charge in [0.1, 0.15) is 12.2 Å². The van der Waals surface area contributed by atoms with E-state index in [2.05, 4.69) is 76.4 Å². The molecule has 0 aliphatic carbocycles. The summed E-state index contributed by atoms with van der Waals surface area (Å²) in [6, 6.07) is 8.66. The summed E-state index contributed by atoms with van der Waals surface area (Å²) in [7, 11) is 0. The molecule has 1 aromatic heterocycles. The molecule has 0 aliphatic heterocycles. The molecule has 1 atom stereocenters. The second-order valence-corrected chi connectivity index (χ2v) is 6.32. The van der Waals surface area contributed by atoms with Gasteiger partial charge in [0.15, 0.2) is 0 Å². The Morgan fingerprint density at radius 2 is 1.90 bits per heavy atom. The van der Waals surface area contributed by atoms with E-state index in [0.717, 1.165) is 23.4 Å². The predicted molar refractivity (Wildman–Crippen MR) is 84.3 cm³/mol. The van der Waals surface area contributed by atoms with Crippen LogP contribution in [0.4, 0.5) is 0 Å². The molecule has 20 heavy (non-hydrogen) atoms. The van der Waals surface area contributed by atoms with Gasteiger partial charge in [-0.2, -0.15) is 5.10 Å². The molecule has 0 radical (unpaired) electrons. The highest BCUT2D eigenvalue weighted by atomic mass is 79.9. The fraction of sp³-hybridized carbons (Fsp3) is 0.467. The Bertz CT molecular complexity index is 533. The molecule has 1 aromatic carbocycles. The van der Waals surface area contributed by atoms with Crippen LogP contribution in [0.1, 0.15) is 38.2 Å². The van der Waals surface area contributed by atoms with E-state index in [4.69, 9.17) is 0 Å². The zero-order valence-corrected chi connectivity index (χ0v) is 13.8. The largest absolute Gasteiger partial charge is 0.303 e. The van der Waals surface area contributed by atoms with Crippen LogP contribution in [0.2, 0.25) is 0 Å². The van der Waals surface area contributed by atoms with Crippen molar-refractivity contribution in [2.75, 3.05) is 0 Å². The Labute approximate surface area is 128 Å². The summed E-state index contributed by atoms with van der Waals surface area (Å²) in [6.07, 6.45) is 1.63. The van der Waals surface area contributed by atoms with Crippen molar-refractivity contribution in [3.63, 3.8) is 0 Å². The number of hydrogen-bond donors (Lipinski definition) is 1. The van der Waals surface area contributed by atoms with E-state index in [0.29, 0.717) is 5.92 Å². The topological polar surface area (TPSA) is 42.7 Å². The number of hydrogen-bond acceptors (Lipinski definition) is 3. The molecule has 5 heteroatoms. The van der Waals surface area contributed by atoms with Crippen LogP contribution in [-0.2, 0) is 13.1 Å². The summed E-state index contributed by atoms with van der Waals surface area (Å²) < 4.78 is 3.08. The molecule has 4 nitrogen and oxygen atoms in total. The second-order valence-electron chi connectivity index (χ2n) is 5.41. The number of nitrogens with zero attached hydrogens (tertiary/aromatic N) is 3. The average Bonchev–Trinajstić information content (AvgIpc) is 2.83. The molecular formula is C15H21BrN4. The molecule has 2 rings (SSSR count). The lowest BCUT2D eigenvalue weighted by molar-refractivity contribution is 0.449. The van der Waals surface area contributed by atoms with E-state index in [1.165, 1.54) is 5.56 Å². The first-order chi connectivity index (χ1) is 9.56. The van der Waals surface area contributed by atoms with E-state index in [-0.39, 0.29) is 6.04 Å². The van der Waals surface area contributed by atoms with Crippen molar-refractivity contribution in [3.8, 4) is 0 Å². The number of halogens is 1. The standard InChI is InChI=1S/C15H21BrN4/c1-11(2)9-20-15(18-10-19-20)8-17-12(3)13-4-6-14(16)7-5-13/h4-7,10-12,17H,8-9H2,1-3H3. The van der Waals surface area contributed by atoms with Crippen LogP contribution in [0, 0.1) is 5.92 Å². The first-order valence-corrected chi connectivity index (χ1v) is 7.71. The van der Waals surface area contributed by atoms with Gasteiger partial charge in [-0.1, -0.05) is 41.9 Å². The van der Waals surface area contributed by atoms with Gasteiger partial charge in [0.05, 0.1) is 6.54 Å². The van der Waals surface area contributed by atoms with Crippen molar-refractivity contribution in [3.05, 3.63) is 46.5 Å². The smallest absolute Gasteiger partial charge is 0.140 e. The van der Waals surface area contributed by atoms with Crippen molar-refractivity contribution in [1.29, 1.82) is 0 Å². The minimum atomic E-state index is 0.285. The van der Waals surface area contributed by atoms with Crippen molar-refractivity contribution < 1.29 is 0 Å². The third-order valence-electron chi connectivity index (χ3n) is 3.17. The number of rotatable bonds is 6. The molecule has 0 bridgehead atoms. The van der Waals surface area contributed by atoms with Crippen molar-refractivity contribution in [2.24, 2.45) is 5.92 Å². The van der Waals surface area contributed by atoms with Crippen molar-refractivity contribution in [1.82, 2.24) is 20.1 Å². The number of nitrogens with one attached hydrogen (secondary N) is 1. The molecule has 0 amide bonds. The molecule has 2 aromatic rings. The number of aromatic nitrogens is 3. The van der Waals surface area contributed by atoms with Gasteiger partial charge in [-0.25, -0.2) is 9.67 Å². The highest BCUT2D eigenvalue weighted by Gasteiger charge is 2.09. The average molecular weight is 337 g/mol. The second kappa shape index (κ2) is 6.99. The van der Waals surface area contributed by atoms with E-state index in [1.54, 1.807) is 6.33 Å². The molecule has 1 heterocycles. The fourth-order valence-corrected chi connectivity index (χ4v) is 2.30. The summed E-state index contributed by atoms with van der Waals surface area (Å²) in [4.78, 5) is 4.33. The Morgan fingerprint density at radius 3 is 2.55 bits per heavy atom. The molecule has 0 fully saturated rings. The monoisotopic (exact) mass is 336 g/mol. The van der Waals surface area contributed by atoms with E-state index in [9.17, 15) is 0 Å². The quantitative estimate of drug-likeness (QED) is 0.877. The first-order valence-electron chi connectivity index (χ1n) is 6.91. The van der Waals surface area contributed by atoms with Crippen molar-refractivity contribution >= 4 is 15.9 Å². The van der Waals surface area contributed by atoms with Crippen LogP contribution in [0.25, 0.3) is 0 Å². The minimum absolute atomic E-state index is 0.285. The van der Waals surface area contributed by atoms with Gasteiger partial charge in [0.2, 0.25) is 0 Å². The maximum absolute atomic E-state index is 4.33. The summed E-state index contributed by atoms with van der Waals surface area (Å²) in [6.45, 7) is 8.16. The van der Waals surface area contributed by atoms with E-state index >= 15 is 0 Å². The van der Waals surface area contributed by atoms with Gasteiger partial charge in [-0.3, -0.25) is 0 Å². The third kappa shape index (κ3) is 4.15. The SMILES string of the molecule is CC(C)Cn1ncnc1CNC(C)c1ccc(Br)cc1. The summed E-state index contributed by atoms with van der Waals surface area (Å²) >= 11 is 3.46. The molecule has 0 saturated heterocycles. The maximum atomic E-state index is 4.33. The van der Waals surface area contributed by atoms with E-state index < -0.39 is 0 Å². The normalized spacial score (nSPS) is 12.8. The lowest BCUT2D eigenvalue weighted by Crippen LogP contribution is -2.22. The summed E-state index contributed by atoms with van der Waals surface area (Å²) in [5.41, 5.74) is 1.27. The van der Waals surface area contributed by atoms with Crippen LogP contribution in [0.3, 0.4) is 0 Å². The van der Waals surface area contributed by atoms with Crippen LogP contribution >= 0.6 is 15.9 Å². The van der Waals surface area contributed by atoms with Gasteiger partial charge in [0.25, 0.3) is 0 Å². The summed E-state index contributed by atoms with van der Waals surface area (Å²) in [5.74, 6) is 1.56. The highest BCUT2D eigenvalue weighted by Crippen LogP contribution is 2.16. The molecular weight excluding hydrogens is 316 g/mol. The molecule has 0 spiro atoms. The Morgan fingerprint density at radius 1 is 1.20 bits per heavy atom. The first kappa shape index (κ1) is 15.2. The Hall–Kier alpha value is -1.20. The van der Waals surface area contributed by atoms with Gasteiger partial charge >= 0.3 is 0 Å². The molecule has 1 unspecified atom stereocenters. The van der Waals surface area contributed by atoms with Crippen LogP contribution < -0.4 is 5.32 Å². The van der Waals surface area contributed by atoms with Gasteiger partial charge in [0, 0.05) is 17.1 Å². The van der Waals surface area contributed by atoms with Gasteiger partial charge < -0.3 is 5.32 Å². The van der Waals surface area contributed by atoms with Gasteiger partial charge in [-0.15, -0.1) is 0 Å². The van der Waals surface area contributed by atoms with Crippen molar-refractivity contribution in [2.45, 2.75) is 39.9 Å². The van der Waals surface area contributed by atoms with Crippen LogP contribution in [-0.4, -0.2) is 14.8 Å². The Balaban J connectivity index is 1.95. The van der Waals surface area contributed by atoms with Gasteiger partial charge in [-0.05, 0) is 30.5 Å². The van der Waals surface area contributed by atoms with Crippen LogP contribution in [0.15, 0.2) is 35.1 Å². The van der Waals surface area contributed by atoms with Crippen LogP contribution in [0.5, 0.6) is 0 Å². The fourth-order valence-electron chi connectivity index (χ4n) is 2.04. The van der Waals surface area contributed by atoms with E-state index in [1.807, 2.05) is 4.68 Å². The molecule has 108 valence electrons. The number of benzene rings is 1. The molecule has 0 saturated carbocycles. The third-order valence-corrected chi connectivity index (χ3v) is 3.70. The zero-order valence-electron chi connectivity index (χ0n) is 12.2. The lowest BCUT2D eigenvalue weighted by Gasteiger charge is -2.15.